The molecular weight excluding hydrogens is 106 g/mol. The summed E-state index contributed by atoms with van der Waals surface area (Å²) in [5.41, 5.74) is 0. The Kier molecular flexibility index (Phi) is 2.63. The molecule has 0 saturated heterocycles. The van der Waals surface area contributed by atoms with Gasteiger partial charge in [0.15, 0.2) is 0 Å². The van der Waals surface area contributed by atoms with Gasteiger partial charge in [-0.25, -0.2) is 0 Å². The van der Waals surface area contributed by atoms with Gasteiger partial charge in [0.25, 0.3) is 0 Å². The first-order chi connectivity index (χ1) is 3.66. The van der Waals surface area contributed by atoms with E-state index in [4.69, 9.17) is 10.4 Å². The molecule has 0 aromatic carbocycles. The normalized spacial score (nSPS) is 12.0. The van der Waals surface area contributed by atoms with Crippen molar-refractivity contribution in [3.8, 4) is 6.07 Å². The second-order valence-corrected chi connectivity index (χ2v) is 1.63. The van der Waals surface area contributed by atoms with Crippen LogP contribution in [0.3, 0.4) is 0 Å². The van der Waals surface area contributed by atoms with E-state index in [1.807, 2.05) is 6.07 Å². The summed E-state index contributed by atoms with van der Waals surface area (Å²) >= 11 is 0. The van der Waals surface area contributed by atoms with Crippen LogP contribution in [0.25, 0.3) is 0 Å². The third kappa shape index (κ3) is 3.16. The van der Waals surface area contributed by atoms with E-state index >= 15 is 0 Å². The first-order valence-electron chi connectivity index (χ1n) is 2.28. The van der Waals surface area contributed by atoms with Crippen molar-refractivity contribution in [1.82, 2.24) is 0 Å². The largest absolute Gasteiger partial charge is 0.481 e. The van der Waals surface area contributed by atoms with Crippen molar-refractivity contribution in [2.24, 2.45) is 5.92 Å². The average molecular weight is 113 g/mol. The van der Waals surface area contributed by atoms with Gasteiger partial charge in [0, 0.05) is 0 Å². The monoisotopic (exact) mass is 113 g/mol. The van der Waals surface area contributed by atoms with E-state index in [2.05, 4.69) is 0 Å². The quantitative estimate of drug-likeness (QED) is 0.571. The standard InChI is InChI=1S/C5H7NO2/c1-4(3-6)2-5(7)8/h4H,2H2,1H3,(H,7,8)/t4-/m1/s1. The first-order valence-corrected chi connectivity index (χ1v) is 2.28. The molecule has 0 rings (SSSR count). The maximum Gasteiger partial charge on any atom is 0.304 e. The number of carboxylic acids is 1. The van der Waals surface area contributed by atoms with Gasteiger partial charge < -0.3 is 5.11 Å². The lowest BCUT2D eigenvalue weighted by Gasteiger charge is -1.91. The maximum absolute atomic E-state index is 9.82. The fraction of sp³-hybridized carbons (Fsp3) is 0.600. The van der Waals surface area contributed by atoms with Crippen molar-refractivity contribution >= 4 is 5.97 Å². The van der Waals surface area contributed by atoms with Crippen molar-refractivity contribution in [3.05, 3.63) is 0 Å². The predicted molar refractivity (Wildman–Crippen MR) is 27.0 cm³/mol. The van der Waals surface area contributed by atoms with Crippen molar-refractivity contribution in [2.45, 2.75) is 13.3 Å². The third-order valence-electron chi connectivity index (χ3n) is 0.701. The lowest BCUT2D eigenvalue weighted by Crippen LogP contribution is -2.00. The molecule has 0 aromatic heterocycles. The molecular formula is C5H7NO2. The van der Waals surface area contributed by atoms with Crippen molar-refractivity contribution in [2.75, 3.05) is 0 Å². The molecule has 1 N–H and O–H groups in total. The van der Waals surface area contributed by atoms with Crippen LogP contribution in [-0.4, -0.2) is 11.1 Å². The van der Waals surface area contributed by atoms with Gasteiger partial charge in [-0.1, -0.05) is 0 Å². The molecule has 0 bridgehead atoms. The highest BCUT2D eigenvalue weighted by atomic mass is 16.4. The lowest BCUT2D eigenvalue weighted by molar-refractivity contribution is -0.137. The van der Waals surface area contributed by atoms with Gasteiger partial charge >= 0.3 is 5.97 Å². The van der Waals surface area contributed by atoms with Crippen LogP contribution < -0.4 is 0 Å². The maximum atomic E-state index is 9.82. The molecule has 8 heavy (non-hydrogen) atoms. The first kappa shape index (κ1) is 6.96. The Balaban J connectivity index is 3.43. The van der Waals surface area contributed by atoms with E-state index in [0.29, 0.717) is 0 Å². The summed E-state index contributed by atoms with van der Waals surface area (Å²) in [5, 5.41) is 16.1. The van der Waals surface area contributed by atoms with Gasteiger partial charge in [0.1, 0.15) is 0 Å². The summed E-state index contributed by atoms with van der Waals surface area (Å²) in [6, 6.07) is 1.82. The van der Waals surface area contributed by atoms with Gasteiger partial charge in [0.2, 0.25) is 0 Å². The van der Waals surface area contributed by atoms with Crippen LogP contribution in [0.4, 0.5) is 0 Å². The molecule has 3 heteroatoms. The molecule has 0 fully saturated rings. The second-order valence-electron chi connectivity index (χ2n) is 1.63. The molecule has 0 saturated carbocycles. The molecule has 44 valence electrons. The number of carbonyl (C=O) groups is 1. The molecule has 0 unspecified atom stereocenters. The van der Waals surface area contributed by atoms with Crippen molar-refractivity contribution < 1.29 is 9.90 Å². The van der Waals surface area contributed by atoms with Crippen LogP contribution in [-0.2, 0) is 4.79 Å². The average Bonchev–Trinajstić information content (AvgIpc) is 1.65. The Hall–Kier alpha value is -1.04. The minimum absolute atomic E-state index is 0.0590. The highest BCUT2D eigenvalue weighted by Gasteiger charge is 2.03. The topological polar surface area (TPSA) is 61.1 Å². The molecule has 0 aliphatic carbocycles. The number of carboxylic acid groups (broad SMARTS) is 1. The van der Waals surface area contributed by atoms with E-state index in [1.54, 1.807) is 6.92 Å². The van der Waals surface area contributed by atoms with E-state index in [9.17, 15) is 4.79 Å². The molecule has 1 atom stereocenters. The Morgan fingerprint density at radius 1 is 2.00 bits per heavy atom. The zero-order valence-corrected chi connectivity index (χ0v) is 4.59. The predicted octanol–water partition coefficient (Wildman–Crippen LogP) is 0.621. The number of nitriles is 1. The molecule has 0 heterocycles. The van der Waals surface area contributed by atoms with E-state index in [1.165, 1.54) is 0 Å². The minimum Gasteiger partial charge on any atom is -0.481 e. The number of hydrogen-bond acceptors (Lipinski definition) is 2. The van der Waals surface area contributed by atoms with Crippen LogP contribution >= 0.6 is 0 Å². The van der Waals surface area contributed by atoms with Gasteiger partial charge in [-0.05, 0) is 6.92 Å². The van der Waals surface area contributed by atoms with Crippen LogP contribution in [0.2, 0.25) is 0 Å². The summed E-state index contributed by atoms with van der Waals surface area (Å²) in [6.45, 7) is 1.58. The Bertz CT molecular complexity index is 125. The van der Waals surface area contributed by atoms with E-state index in [0.717, 1.165) is 0 Å². The number of aliphatic carboxylic acids is 1. The SMILES string of the molecule is C[C@@H](C#N)CC(=O)O. The minimum atomic E-state index is -0.918. The van der Waals surface area contributed by atoms with E-state index < -0.39 is 5.97 Å². The van der Waals surface area contributed by atoms with Crippen LogP contribution in [0.1, 0.15) is 13.3 Å². The Labute approximate surface area is 47.5 Å². The second kappa shape index (κ2) is 3.03. The Morgan fingerprint density at radius 3 is 2.62 bits per heavy atom. The van der Waals surface area contributed by atoms with Gasteiger partial charge in [-0.3, -0.25) is 4.79 Å². The zero-order chi connectivity index (χ0) is 6.57. The van der Waals surface area contributed by atoms with E-state index in [-0.39, 0.29) is 12.3 Å². The molecule has 0 aliphatic heterocycles. The fourth-order valence-electron chi connectivity index (χ4n) is 0.308. The number of hydrogen-bond donors (Lipinski definition) is 1. The molecule has 0 spiro atoms. The van der Waals surface area contributed by atoms with Gasteiger partial charge in [-0.2, -0.15) is 5.26 Å². The lowest BCUT2D eigenvalue weighted by atomic mass is 10.1. The highest BCUT2D eigenvalue weighted by molar-refractivity contribution is 5.67. The summed E-state index contributed by atoms with van der Waals surface area (Å²) in [5.74, 6) is -1.29. The summed E-state index contributed by atoms with van der Waals surface area (Å²) < 4.78 is 0. The summed E-state index contributed by atoms with van der Waals surface area (Å²) in [7, 11) is 0. The highest BCUT2D eigenvalue weighted by Crippen LogP contribution is 1.96. The Morgan fingerprint density at radius 2 is 2.50 bits per heavy atom. The molecule has 0 aromatic rings. The molecule has 0 radical (unpaired) electrons. The number of nitrogens with zero attached hydrogens (tertiary/aromatic N) is 1. The fourth-order valence-corrected chi connectivity index (χ4v) is 0.308. The molecule has 0 aliphatic rings. The summed E-state index contributed by atoms with van der Waals surface area (Å²) in [4.78, 5) is 9.82. The number of rotatable bonds is 2. The van der Waals surface area contributed by atoms with Crippen molar-refractivity contribution in [1.29, 1.82) is 5.26 Å². The van der Waals surface area contributed by atoms with Crippen molar-refractivity contribution in [3.63, 3.8) is 0 Å². The smallest absolute Gasteiger partial charge is 0.304 e. The van der Waals surface area contributed by atoms with Gasteiger partial charge in [0.05, 0.1) is 18.4 Å². The van der Waals surface area contributed by atoms with Gasteiger partial charge in [-0.15, -0.1) is 0 Å². The molecule has 0 amide bonds. The zero-order valence-electron chi connectivity index (χ0n) is 4.59. The third-order valence-corrected chi connectivity index (χ3v) is 0.701. The van der Waals surface area contributed by atoms with Crippen LogP contribution in [0.15, 0.2) is 0 Å². The molecule has 3 nitrogen and oxygen atoms in total. The summed E-state index contributed by atoms with van der Waals surface area (Å²) in [6.07, 6.45) is -0.0590. The van der Waals surface area contributed by atoms with Crippen LogP contribution in [0, 0.1) is 17.2 Å². The van der Waals surface area contributed by atoms with Crippen LogP contribution in [0.5, 0.6) is 0 Å².